The van der Waals surface area contributed by atoms with Gasteiger partial charge in [0.1, 0.15) is 0 Å². The summed E-state index contributed by atoms with van der Waals surface area (Å²) in [5.74, 6) is 2.78. The minimum atomic E-state index is -0.739. The third kappa shape index (κ3) is 1.77. The minimum absolute atomic E-state index is 0.521. The first-order chi connectivity index (χ1) is 4.68. The fourth-order valence-corrected chi connectivity index (χ4v) is 1.14. The van der Waals surface area contributed by atoms with Gasteiger partial charge in [-0.15, -0.1) is 0 Å². The number of rotatable bonds is 1. The third-order valence-electron chi connectivity index (χ3n) is 1.28. The van der Waals surface area contributed by atoms with Gasteiger partial charge in [0.25, 0.3) is 0 Å². The van der Waals surface area contributed by atoms with Crippen molar-refractivity contribution >= 4 is 28.7 Å². The third-order valence-corrected chi connectivity index (χ3v) is 1.54. The Morgan fingerprint density at radius 1 is 1.70 bits per heavy atom. The molecule has 0 radical (unpaired) electrons. The van der Waals surface area contributed by atoms with E-state index in [2.05, 4.69) is 9.85 Å². The Hall–Kier alpha value is -0.440. The minimum Gasteiger partial charge on any atom is -0.430 e. The topological polar surface area (TPSA) is 52.3 Å². The van der Waals surface area contributed by atoms with Gasteiger partial charge in [-0.3, -0.25) is 0 Å². The molecule has 1 amide bonds. The summed E-state index contributed by atoms with van der Waals surface area (Å²) in [7, 11) is 0. The van der Waals surface area contributed by atoms with Gasteiger partial charge < -0.3 is 10.5 Å². The molecule has 4 heteroatoms. The maximum Gasteiger partial charge on any atom is 0.406 e. The van der Waals surface area contributed by atoms with Crippen LogP contribution in [0.3, 0.4) is 0 Å². The SMILES string of the molecule is NC(=O)OC1(C#CI)CC1. The molecule has 1 rings (SSSR count). The van der Waals surface area contributed by atoms with Crippen molar-refractivity contribution in [1.82, 2.24) is 0 Å². The Morgan fingerprint density at radius 3 is 2.60 bits per heavy atom. The molecule has 0 heterocycles. The number of amides is 1. The molecule has 0 atom stereocenters. The van der Waals surface area contributed by atoms with Crippen LogP contribution >= 0.6 is 22.6 Å². The first-order valence-electron chi connectivity index (χ1n) is 2.80. The molecule has 10 heavy (non-hydrogen) atoms. The zero-order valence-corrected chi connectivity index (χ0v) is 7.34. The van der Waals surface area contributed by atoms with Gasteiger partial charge in [-0.1, -0.05) is 0 Å². The van der Waals surface area contributed by atoms with Crippen molar-refractivity contribution in [3.05, 3.63) is 0 Å². The molecule has 1 aliphatic carbocycles. The number of hydrogen-bond acceptors (Lipinski definition) is 2. The van der Waals surface area contributed by atoms with Crippen LogP contribution < -0.4 is 5.73 Å². The summed E-state index contributed by atoms with van der Waals surface area (Å²) in [5, 5.41) is 0. The van der Waals surface area contributed by atoms with E-state index in [-0.39, 0.29) is 0 Å². The molecule has 0 saturated heterocycles. The van der Waals surface area contributed by atoms with Gasteiger partial charge >= 0.3 is 6.09 Å². The van der Waals surface area contributed by atoms with Crippen molar-refractivity contribution in [3.8, 4) is 9.85 Å². The van der Waals surface area contributed by atoms with Crippen LogP contribution in [-0.2, 0) is 4.74 Å². The molecule has 1 saturated carbocycles. The van der Waals surface area contributed by atoms with Gasteiger partial charge in [0.15, 0.2) is 5.60 Å². The van der Waals surface area contributed by atoms with Gasteiger partial charge in [-0.05, 0) is 9.85 Å². The second-order valence-electron chi connectivity index (χ2n) is 2.13. The molecule has 0 aliphatic heterocycles. The molecular formula is C6H6INO2. The van der Waals surface area contributed by atoms with E-state index >= 15 is 0 Å². The summed E-state index contributed by atoms with van der Waals surface area (Å²) >= 11 is 1.91. The highest BCUT2D eigenvalue weighted by Crippen LogP contribution is 2.38. The summed E-state index contributed by atoms with van der Waals surface area (Å²) in [4.78, 5) is 10.3. The van der Waals surface area contributed by atoms with E-state index in [1.165, 1.54) is 0 Å². The lowest BCUT2D eigenvalue weighted by Gasteiger charge is -2.05. The van der Waals surface area contributed by atoms with Crippen LogP contribution in [0, 0.1) is 9.85 Å². The predicted octanol–water partition coefficient (Wildman–Crippen LogP) is 1.01. The number of hydrogen-bond donors (Lipinski definition) is 1. The molecule has 0 unspecified atom stereocenters. The fourth-order valence-electron chi connectivity index (χ4n) is 0.645. The van der Waals surface area contributed by atoms with Crippen LogP contribution in [0.4, 0.5) is 4.79 Å². The van der Waals surface area contributed by atoms with E-state index in [1.807, 2.05) is 22.6 Å². The van der Waals surface area contributed by atoms with Gasteiger partial charge in [-0.2, -0.15) is 0 Å². The van der Waals surface area contributed by atoms with E-state index < -0.39 is 11.7 Å². The summed E-state index contributed by atoms with van der Waals surface area (Å²) in [6, 6.07) is 0. The molecule has 3 nitrogen and oxygen atoms in total. The molecule has 1 aliphatic rings. The van der Waals surface area contributed by atoms with Gasteiger partial charge in [0, 0.05) is 35.4 Å². The average Bonchev–Trinajstić information content (AvgIpc) is 2.47. The Kier molecular flexibility index (Phi) is 2.04. The van der Waals surface area contributed by atoms with Gasteiger partial charge in [0.2, 0.25) is 0 Å². The van der Waals surface area contributed by atoms with Gasteiger partial charge in [-0.25, -0.2) is 4.79 Å². The monoisotopic (exact) mass is 251 g/mol. The van der Waals surface area contributed by atoms with Crippen molar-refractivity contribution in [1.29, 1.82) is 0 Å². The highest BCUT2D eigenvalue weighted by atomic mass is 127. The van der Waals surface area contributed by atoms with Crippen LogP contribution in [0.25, 0.3) is 0 Å². The van der Waals surface area contributed by atoms with Crippen molar-refractivity contribution in [2.45, 2.75) is 18.4 Å². The molecule has 0 aromatic rings. The highest BCUT2D eigenvalue weighted by Gasteiger charge is 2.45. The van der Waals surface area contributed by atoms with Crippen molar-refractivity contribution in [3.63, 3.8) is 0 Å². The molecule has 54 valence electrons. The van der Waals surface area contributed by atoms with Crippen molar-refractivity contribution in [2.24, 2.45) is 5.73 Å². The standard InChI is InChI=1S/C6H6INO2/c7-4-3-6(1-2-6)10-5(8)9/h1-2H2,(H2,8,9). The molecule has 0 bridgehead atoms. The quantitative estimate of drug-likeness (QED) is 0.558. The van der Waals surface area contributed by atoms with E-state index in [4.69, 9.17) is 10.5 Å². The summed E-state index contributed by atoms with van der Waals surface area (Å²) in [5.41, 5.74) is 4.30. The average molecular weight is 251 g/mol. The second-order valence-corrected chi connectivity index (χ2v) is 2.67. The van der Waals surface area contributed by atoms with Crippen LogP contribution in [0.2, 0.25) is 0 Å². The molecule has 0 aromatic heterocycles. The van der Waals surface area contributed by atoms with E-state index in [0.717, 1.165) is 12.8 Å². The molecule has 0 spiro atoms. The van der Waals surface area contributed by atoms with Crippen molar-refractivity contribution in [2.75, 3.05) is 0 Å². The maximum absolute atomic E-state index is 10.3. The molecule has 0 aromatic carbocycles. The van der Waals surface area contributed by atoms with Gasteiger partial charge in [0.05, 0.1) is 0 Å². The fraction of sp³-hybridized carbons (Fsp3) is 0.500. The highest BCUT2D eigenvalue weighted by molar-refractivity contribution is 14.1. The molecule has 1 fully saturated rings. The van der Waals surface area contributed by atoms with E-state index in [1.54, 1.807) is 0 Å². The normalized spacial score (nSPS) is 18.5. The second kappa shape index (κ2) is 2.66. The summed E-state index contributed by atoms with van der Waals surface area (Å²) in [6.07, 6.45) is 0.884. The summed E-state index contributed by atoms with van der Waals surface area (Å²) < 4.78 is 7.41. The smallest absolute Gasteiger partial charge is 0.406 e. The number of carbonyl (C=O) groups excluding carboxylic acids is 1. The Morgan fingerprint density at radius 2 is 2.30 bits per heavy atom. The van der Waals surface area contributed by atoms with Crippen LogP contribution in [0.5, 0.6) is 0 Å². The Balaban J connectivity index is 2.50. The summed E-state index contributed by atoms with van der Waals surface area (Å²) in [6.45, 7) is 0. The number of ether oxygens (including phenoxy) is 1. The number of nitrogens with two attached hydrogens (primary N) is 1. The van der Waals surface area contributed by atoms with Crippen LogP contribution in [0.15, 0.2) is 0 Å². The first-order valence-corrected chi connectivity index (χ1v) is 3.88. The van der Waals surface area contributed by atoms with E-state index in [0.29, 0.717) is 0 Å². The number of primary amides is 1. The molecule has 2 N–H and O–H groups in total. The Labute approximate surface area is 72.4 Å². The number of carbonyl (C=O) groups is 1. The maximum atomic E-state index is 10.3. The van der Waals surface area contributed by atoms with E-state index in [9.17, 15) is 4.79 Å². The number of halogens is 1. The zero-order chi connectivity index (χ0) is 7.61. The van der Waals surface area contributed by atoms with Crippen LogP contribution in [-0.4, -0.2) is 11.7 Å². The van der Waals surface area contributed by atoms with Crippen molar-refractivity contribution < 1.29 is 9.53 Å². The lowest BCUT2D eigenvalue weighted by Crippen LogP contribution is -2.22. The predicted molar refractivity (Wildman–Crippen MR) is 44.4 cm³/mol. The molecular weight excluding hydrogens is 245 g/mol. The Bertz CT molecular complexity index is 212. The van der Waals surface area contributed by atoms with Crippen LogP contribution in [0.1, 0.15) is 12.8 Å². The zero-order valence-electron chi connectivity index (χ0n) is 5.19. The first kappa shape index (κ1) is 7.66. The lowest BCUT2D eigenvalue weighted by molar-refractivity contribution is 0.122. The largest absolute Gasteiger partial charge is 0.430 e. The lowest BCUT2D eigenvalue weighted by atomic mass is 10.4.